The molecule has 2 atom stereocenters. The first-order valence-electron chi connectivity index (χ1n) is 9.65. The molecule has 6 nitrogen and oxygen atoms in total. The number of ether oxygens (including phenoxy) is 1. The van der Waals surface area contributed by atoms with E-state index in [4.69, 9.17) is 16.3 Å². The lowest BCUT2D eigenvalue weighted by atomic mass is 10.2. The minimum Gasteiger partial charge on any atom is -0.489 e. The number of likely N-dealkylation sites (tertiary alicyclic amines) is 1. The van der Waals surface area contributed by atoms with Gasteiger partial charge in [0, 0.05) is 36.6 Å². The molecule has 0 spiro atoms. The number of guanidine groups is 1. The lowest BCUT2D eigenvalue weighted by Crippen LogP contribution is -2.45. The fourth-order valence-corrected chi connectivity index (χ4v) is 3.09. The van der Waals surface area contributed by atoms with Crippen LogP contribution in [0.3, 0.4) is 0 Å². The van der Waals surface area contributed by atoms with Gasteiger partial charge in [-0.3, -0.25) is 4.79 Å². The summed E-state index contributed by atoms with van der Waals surface area (Å²) in [5.74, 6) is 1.79. The van der Waals surface area contributed by atoms with Gasteiger partial charge in [0.25, 0.3) is 0 Å². The summed E-state index contributed by atoms with van der Waals surface area (Å²) >= 11 is 5.90. The molecule has 1 amide bonds. The highest BCUT2D eigenvalue weighted by Crippen LogP contribution is 2.17. The Labute approximate surface area is 167 Å². The Hall–Kier alpha value is -1.95. The Morgan fingerprint density at radius 2 is 2.04 bits per heavy atom. The second kappa shape index (κ2) is 10.4. The molecule has 1 heterocycles. The van der Waals surface area contributed by atoms with Crippen LogP contribution in [0.4, 0.5) is 0 Å². The predicted octanol–water partition coefficient (Wildman–Crippen LogP) is 2.92. The molecule has 1 saturated heterocycles. The van der Waals surface area contributed by atoms with Crippen LogP contribution in [0.5, 0.6) is 5.75 Å². The van der Waals surface area contributed by atoms with Crippen LogP contribution in [-0.4, -0.2) is 55.1 Å². The number of benzene rings is 1. The zero-order valence-electron chi connectivity index (χ0n) is 16.7. The normalized spacial score (nSPS) is 18.5. The van der Waals surface area contributed by atoms with Crippen molar-refractivity contribution in [1.29, 1.82) is 0 Å². The summed E-state index contributed by atoms with van der Waals surface area (Å²) in [6.45, 7) is 10.7. The highest BCUT2D eigenvalue weighted by molar-refractivity contribution is 6.30. The molecule has 1 fully saturated rings. The van der Waals surface area contributed by atoms with Gasteiger partial charge in [-0.25, -0.2) is 4.99 Å². The summed E-state index contributed by atoms with van der Waals surface area (Å²) in [5, 5.41) is 7.39. The third kappa shape index (κ3) is 6.94. The van der Waals surface area contributed by atoms with Gasteiger partial charge in [0.1, 0.15) is 11.9 Å². The number of carbonyl (C=O) groups excluding carboxylic acids is 1. The van der Waals surface area contributed by atoms with Crippen molar-refractivity contribution in [2.45, 2.75) is 46.3 Å². The number of nitrogens with one attached hydrogen (secondary N) is 2. The lowest BCUT2D eigenvalue weighted by Gasteiger charge is -2.21. The molecule has 0 saturated carbocycles. The van der Waals surface area contributed by atoms with Crippen molar-refractivity contribution in [2.75, 3.05) is 26.2 Å². The third-order valence-corrected chi connectivity index (χ3v) is 4.59. The monoisotopic (exact) mass is 394 g/mol. The predicted molar refractivity (Wildman–Crippen MR) is 110 cm³/mol. The smallest absolute Gasteiger partial charge is 0.225 e. The molecule has 150 valence electrons. The number of rotatable bonds is 7. The third-order valence-electron chi connectivity index (χ3n) is 4.34. The van der Waals surface area contributed by atoms with Gasteiger partial charge in [0.2, 0.25) is 5.91 Å². The summed E-state index contributed by atoms with van der Waals surface area (Å²) in [5.41, 5.74) is 0. The quantitative estimate of drug-likeness (QED) is 0.551. The molecule has 1 aliphatic heterocycles. The topological polar surface area (TPSA) is 66.0 Å². The molecule has 2 rings (SSSR count). The highest BCUT2D eigenvalue weighted by atomic mass is 35.5. The maximum atomic E-state index is 12.1. The summed E-state index contributed by atoms with van der Waals surface area (Å²) in [4.78, 5) is 18.7. The van der Waals surface area contributed by atoms with Crippen molar-refractivity contribution < 1.29 is 9.53 Å². The van der Waals surface area contributed by atoms with Crippen LogP contribution in [0.1, 0.15) is 34.1 Å². The van der Waals surface area contributed by atoms with Gasteiger partial charge < -0.3 is 20.3 Å². The van der Waals surface area contributed by atoms with Crippen molar-refractivity contribution in [3.8, 4) is 5.75 Å². The van der Waals surface area contributed by atoms with Crippen LogP contribution in [0.2, 0.25) is 5.02 Å². The van der Waals surface area contributed by atoms with Gasteiger partial charge in [-0.1, -0.05) is 25.4 Å². The lowest BCUT2D eigenvalue weighted by molar-refractivity contribution is -0.133. The number of hydrogen-bond acceptors (Lipinski definition) is 3. The Morgan fingerprint density at radius 3 is 2.67 bits per heavy atom. The van der Waals surface area contributed by atoms with Crippen molar-refractivity contribution in [2.24, 2.45) is 10.9 Å². The van der Waals surface area contributed by atoms with E-state index in [9.17, 15) is 4.79 Å². The van der Waals surface area contributed by atoms with Crippen LogP contribution in [0.25, 0.3) is 0 Å². The average Bonchev–Trinajstić information content (AvgIpc) is 3.09. The Bertz CT molecular complexity index is 633. The summed E-state index contributed by atoms with van der Waals surface area (Å²) in [6.07, 6.45) is 0.865. The maximum absolute atomic E-state index is 12.1. The number of carbonyl (C=O) groups is 1. The summed E-state index contributed by atoms with van der Waals surface area (Å²) < 4.78 is 5.87. The first-order chi connectivity index (χ1) is 12.9. The van der Waals surface area contributed by atoms with Gasteiger partial charge in [0.05, 0.1) is 6.54 Å². The van der Waals surface area contributed by atoms with Gasteiger partial charge in [-0.05, 0) is 44.5 Å². The highest BCUT2D eigenvalue weighted by Gasteiger charge is 2.27. The fourth-order valence-electron chi connectivity index (χ4n) is 2.96. The Kier molecular flexibility index (Phi) is 8.23. The zero-order chi connectivity index (χ0) is 19.8. The summed E-state index contributed by atoms with van der Waals surface area (Å²) in [6, 6.07) is 7.54. The number of amides is 1. The van der Waals surface area contributed by atoms with Gasteiger partial charge in [0.15, 0.2) is 5.96 Å². The van der Waals surface area contributed by atoms with Crippen LogP contribution in [0.15, 0.2) is 29.3 Å². The van der Waals surface area contributed by atoms with E-state index in [1.165, 1.54) is 0 Å². The van der Waals surface area contributed by atoms with E-state index in [-0.39, 0.29) is 24.0 Å². The molecule has 1 aromatic carbocycles. The molecule has 1 aliphatic rings. The molecule has 0 bridgehead atoms. The molecule has 27 heavy (non-hydrogen) atoms. The number of hydrogen-bond donors (Lipinski definition) is 2. The van der Waals surface area contributed by atoms with E-state index < -0.39 is 0 Å². The molecule has 0 aliphatic carbocycles. The molecule has 7 heteroatoms. The average molecular weight is 395 g/mol. The second-order valence-electron chi connectivity index (χ2n) is 7.17. The van der Waals surface area contributed by atoms with E-state index in [0.717, 1.165) is 37.8 Å². The second-order valence-corrected chi connectivity index (χ2v) is 7.61. The van der Waals surface area contributed by atoms with E-state index in [0.29, 0.717) is 11.6 Å². The van der Waals surface area contributed by atoms with Crippen LogP contribution in [-0.2, 0) is 4.79 Å². The fraction of sp³-hybridized carbons (Fsp3) is 0.600. The first kappa shape index (κ1) is 21.4. The van der Waals surface area contributed by atoms with Gasteiger partial charge >= 0.3 is 0 Å². The van der Waals surface area contributed by atoms with Crippen molar-refractivity contribution in [3.05, 3.63) is 29.3 Å². The largest absolute Gasteiger partial charge is 0.489 e. The standard InChI is InChI=1S/C20H31ClN4O2/c1-5-22-20(24-17-10-11-25(13-17)19(26)14(2)3)23-12-15(4)27-18-8-6-16(21)7-9-18/h6-9,14-15,17H,5,10-13H2,1-4H3,(H2,22,23,24). The maximum Gasteiger partial charge on any atom is 0.225 e. The van der Waals surface area contributed by atoms with Crippen molar-refractivity contribution >= 4 is 23.5 Å². The minimum absolute atomic E-state index is 0.0384. The van der Waals surface area contributed by atoms with E-state index in [1.54, 1.807) is 0 Å². The molecule has 0 radical (unpaired) electrons. The van der Waals surface area contributed by atoms with Gasteiger partial charge in [-0.2, -0.15) is 0 Å². The zero-order valence-corrected chi connectivity index (χ0v) is 17.4. The first-order valence-corrected chi connectivity index (χ1v) is 10.0. The van der Waals surface area contributed by atoms with Crippen molar-refractivity contribution in [3.63, 3.8) is 0 Å². The molecule has 1 aromatic rings. The molecule has 2 unspecified atom stereocenters. The number of nitrogens with zero attached hydrogens (tertiary/aromatic N) is 2. The molecular weight excluding hydrogens is 364 g/mol. The Balaban J connectivity index is 1.86. The molecule has 0 aromatic heterocycles. The number of halogens is 1. The SMILES string of the molecule is CCNC(=NCC(C)Oc1ccc(Cl)cc1)NC1CCN(C(=O)C(C)C)C1. The summed E-state index contributed by atoms with van der Waals surface area (Å²) in [7, 11) is 0. The van der Waals surface area contributed by atoms with Crippen LogP contribution < -0.4 is 15.4 Å². The van der Waals surface area contributed by atoms with E-state index >= 15 is 0 Å². The van der Waals surface area contributed by atoms with Crippen molar-refractivity contribution in [1.82, 2.24) is 15.5 Å². The molecule has 2 N–H and O–H groups in total. The minimum atomic E-state index is -0.0655. The Morgan fingerprint density at radius 1 is 1.33 bits per heavy atom. The van der Waals surface area contributed by atoms with Gasteiger partial charge in [-0.15, -0.1) is 0 Å². The van der Waals surface area contributed by atoms with Crippen LogP contribution >= 0.6 is 11.6 Å². The van der Waals surface area contributed by atoms with E-state index in [1.807, 2.05) is 56.9 Å². The molecular formula is C20H31ClN4O2. The number of aliphatic imine (C=N–C) groups is 1. The van der Waals surface area contributed by atoms with Crippen LogP contribution in [0, 0.1) is 5.92 Å². The van der Waals surface area contributed by atoms with E-state index in [2.05, 4.69) is 15.6 Å².